The van der Waals surface area contributed by atoms with Crippen LogP contribution in [0.2, 0.25) is 5.02 Å². The molecule has 0 bridgehead atoms. The van der Waals surface area contributed by atoms with Crippen molar-refractivity contribution >= 4 is 41.5 Å². The number of rotatable bonds is 7. The molecule has 2 aliphatic heterocycles. The normalized spacial score (nSPS) is 23.3. The lowest BCUT2D eigenvalue weighted by atomic mass is 9.85. The molecule has 1 N–H and O–H groups in total. The van der Waals surface area contributed by atoms with Gasteiger partial charge in [-0.3, -0.25) is 9.89 Å². The van der Waals surface area contributed by atoms with Crippen molar-refractivity contribution in [3.63, 3.8) is 0 Å². The summed E-state index contributed by atoms with van der Waals surface area (Å²) < 4.78 is 5.50. The van der Waals surface area contributed by atoms with E-state index >= 15 is 0 Å². The van der Waals surface area contributed by atoms with Crippen LogP contribution < -0.4 is 5.32 Å². The Labute approximate surface area is 211 Å². The maximum absolute atomic E-state index is 6.30. The summed E-state index contributed by atoms with van der Waals surface area (Å²) in [5.74, 6) is 2.31. The summed E-state index contributed by atoms with van der Waals surface area (Å²) in [7, 11) is 4.40. The fraction of sp³-hybridized carbons (Fsp3) is 0.708. The van der Waals surface area contributed by atoms with Gasteiger partial charge in [0.25, 0.3) is 0 Å². The highest BCUT2D eigenvalue weighted by Gasteiger charge is 2.30. The van der Waals surface area contributed by atoms with E-state index in [9.17, 15) is 0 Å². The molecule has 31 heavy (non-hydrogen) atoms. The molecule has 7 heteroatoms. The molecule has 2 aliphatic rings. The molecule has 1 aromatic carbocycles. The zero-order valence-electron chi connectivity index (χ0n) is 19.4. The number of likely N-dealkylation sites (tertiary alicyclic amines) is 1. The van der Waals surface area contributed by atoms with Crippen LogP contribution in [0, 0.1) is 11.8 Å². The molecule has 1 aromatic rings. The Morgan fingerprint density at radius 3 is 2.77 bits per heavy atom. The van der Waals surface area contributed by atoms with Crippen molar-refractivity contribution in [2.24, 2.45) is 16.8 Å². The monoisotopic (exact) mass is 562 g/mol. The van der Waals surface area contributed by atoms with Crippen LogP contribution in [0.25, 0.3) is 0 Å². The number of hydrogen-bond donors (Lipinski definition) is 1. The second kappa shape index (κ2) is 13.9. The standard InChI is InChI=1S/C24H39ClN4O.HI/c1-4-26-24(29(3)14-10-19-11-15-30-16-12-19)27-18-21-8-6-13-28(2)23(21)20-7-5-9-22(25)17-20;/h5,7,9,17,19,21,23H,4,6,8,10-16,18H2,1-3H3,(H,26,27);1H. The van der Waals surface area contributed by atoms with Crippen molar-refractivity contribution in [3.8, 4) is 0 Å². The topological polar surface area (TPSA) is 40.1 Å². The van der Waals surface area contributed by atoms with Gasteiger partial charge in [0.15, 0.2) is 5.96 Å². The van der Waals surface area contributed by atoms with Gasteiger partial charge in [0.1, 0.15) is 0 Å². The predicted octanol–water partition coefficient (Wildman–Crippen LogP) is 5.05. The molecule has 0 saturated carbocycles. The van der Waals surface area contributed by atoms with Crippen molar-refractivity contribution < 1.29 is 4.74 Å². The molecule has 0 radical (unpaired) electrons. The molecule has 2 heterocycles. The lowest BCUT2D eigenvalue weighted by Crippen LogP contribution is -2.41. The minimum atomic E-state index is 0. The second-order valence-electron chi connectivity index (χ2n) is 8.84. The summed E-state index contributed by atoms with van der Waals surface area (Å²) in [5, 5.41) is 4.32. The average molecular weight is 563 g/mol. The van der Waals surface area contributed by atoms with Crippen LogP contribution in [0.3, 0.4) is 0 Å². The van der Waals surface area contributed by atoms with Gasteiger partial charge in [-0.25, -0.2) is 0 Å². The molecule has 0 aromatic heterocycles. The van der Waals surface area contributed by atoms with Crippen LogP contribution in [0.4, 0.5) is 0 Å². The van der Waals surface area contributed by atoms with Crippen molar-refractivity contribution in [1.29, 1.82) is 0 Å². The lowest BCUT2D eigenvalue weighted by Gasteiger charge is -2.39. The van der Waals surface area contributed by atoms with Gasteiger partial charge < -0.3 is 15.0 Å². The van der Waals surface area contributed by atoms with Gasteiger partial charge in [0, 0.05) is 51.0 Å². The fourth-order valence-corrected chi connectivity index (χ4v) is 5.06. The Morgan fingerprint density at radius 1 is 1.29 bits per heavy atom. The SMILES string of the molecule is CCNC(=NCC1CCCN(C)C1c1cccc(Cl)c1)N(C)CCC1CCOCC1.I. The van der Waals surface area contributed by atoms with E-state index in [2.05, 4.69) is 54.3 Å². The Hall–Kier alpha value is -0.570. The molecule has 2 atom stereocenters. The van der Waals surface area contributed by atoms with Crippen LogP contribution in [-0.2, 0) is 4.74 Å². The second-order valence-corrected chi connectivity index (χ2v) is 9.28. The van der Waals surface area contributed by atoms with Crippen molar-refractivity contribution in [3.05, 3.63) is 34.9 Å². The first-order valence-corrected chi connectivity index (χ1v) is 12.0. The zero-order chi connectivity index (χ0) is 21.3. The molecule has 2 saturated heterocycles. The largest absolute Gasteiger partial charge is 0.381 e. The molecule has 176 valence electrons. The lowest BCUT2D eigenvalue weighted by molar-refractivity contribution is 0.0625. The van der Waals surface area contributed by atoms with E-state index in [4.69, 9.17) is 21.3 Å². The minimum absolute atomic E-state index is 0. The van der Waals surface area contributed by atoms with E-state index in [1.807, 2.05) is 6.07 Å². The molecule has 0 spiro atoms. The quantitative estimate of drug-likeness (QED) is 0.287. The number of piperidine rings is 1. The van der Waals surface area contributed by atoms with Gasteiger partial charge in [-0.1, -0.05) is 23.7 Å². The van der Waals surface area contributed by atoms with Gasteiger partial charge >= 0.3 is 0 Å². The number of halogens is 2. The fourth-order valence-electron chi connectivity index (χ4n) is 4.86. The first kappa shape index (κ1) is 26.7. The van der Waals surface area contributed by atoms with E-state index in [-0.39, 0.29) is 24.0 Å². The summed E-state index contributed by atoms with van der Waals surface area (Å²) in [6, 6.07) is 8.72. The molecular formula is C24H40ClIN4O. The molecule has 0 aliphatic carbocycles. The highest BCUT2D eigenvalue weighted by Crippen LogP contribution is 2.36. The van der Waals surface area contributed by atoms with Gasteiger partial charge in [-0.15, -0.1) is 24.0 Å². The van der Waals surface area contributed by atoms with Crippen LogP contribution in [0.1, 0.15) is 50.6 Å². The van der Waals surface area contributed by atoms with E-state index in [0.29, 0.717) is 12.0 Å². The highest BCUT2D eigenvalue weighted by molar-refractivity contribution is 14.0. The van der Waals surface area contributed by atoms with E-state index in [1.165, 1.54) is 37.7 Å². The molecule has 5 nitrogen and oxygen atoms in total. The summed E-state index contributed by atoms with van der Waals surface area (Å²) >= 11 is 6.30. The van der Waals surface area contributed by atoms with Crippen LogP contribution in [-0.4, -0.2) is 69.2 Å². The average Bonchev–Trinajstić information content (AvgIpc) is 2.75. The predicted molar refractivity (Wildman–Crippen MR) is 142 cm³/mol. The molecule has 2 unspecified atom stereocenters. The molecule has 0 amide bonds. The smallest absolute Gasteiger partial charge is 0.193 e. The Balaban J connectivity index is 0.00000341. The van der Waals surface area contributed by atoms with E-state index in [0.717, 1.165) is 56.3 Å². The number of guanidine groups is 1. The van der Waals surface area contributed by atoms with Crippen LogP contribution in [0.5, 0.6) is 0 Å². The summed E-state index contributed by atoms with van der Waals surface area (Å²) in [4.78, 5) is 9.86. The van der Waals surface area contributed by atoms with Crippen LogP contribution in [0.15, 0.2) is 29.3 Å². The maximum Gasteiger partial charge on any atom is 0.193 e. The van der Waals surface area contributed by atoms with Gasteiger partial charge in [-0.05, 0) is 82.2 Å². The number of ether oxygens (including phenoxy) is 1. The first-order chi connectivity index (χ1) is 14.6. The summed E-state index contributed by atoms with van der Waals surface area (Å²) in [5.41, 5.74) is 1.31. The summed E-state index contributed by atoms with van der Waals surface area (Å²) in [6.07, 6.45) is 6.02. The van der Waals surface area contributed by atoms with Gasteiger partial charge in [0.2, 0.25) is 0 Å². The third-order valence-electron chi connectivity index (χ3n) is 6.58. The number of aliphatic imine (C=N–C) groups is 1. The van der Waals surface area contributed by atoms with E-state index in [1.54, 1.807) is 0 Å². The minimum Gasteiger partial charge on any atom is -0.381 e. The Kier molecular flexibility index (Phi) is 11.9. The number of benzene rings is 1. The van der Waals surface area contributed by atoms with E-state index < -0.39 is 0 Å². The molecular weight excluding hydrogens is 523 g/mol. The number of hydrogen-bond acceptors (Lipinski definition) is 3. The van der Waals surface area contributed by atoms with Crippen molar-refractivity contribution in [2.45, 2.75) is 45.1 Å². The molecule has 3 rings (SSSR count). The Morgan fingerprint density at radius 2 is 2.06 bits per heavy atom. The highest BCUT2D eigenvalue weighted by atomic mass is 127. The maximum atomic E-state index is 6.30. The van der Waals surface area contributed by atoms with Crippen molar-refractivity contribution in [2.75, 3.05) is 53.5 Å². The zero-order valence-corrected chi connectivity index (χ0v) is 22.4. The van der Waals surface area contributed by atoms with Gasteiger partial charge in [0.05, 0.1) is 0 Å². The van der Waals surface area contributed by atoms with Crippen molar-refractivity contribution in [1.82, 2.24) is 15.1 Å². The van der Waals surface area contributed by atoms with Crippen LogP contribution >= 0.6 is 35.6 Å². The Bertz CT molecular complexity index is 683. The number of nitrogens with zero attached hydrogens (tertiary/aromatic N) is 3. The third-order valence-corrected chi connectivity index (χ3v) is 6.82. The first-order valence-electron chi connectivity index (χ1n) is 11.6. The molecule has 2 fully saturated rings. The number of nitrogens with one attached hydrogen (secondary N) is 1. The summed E-state index contributed by atoms with van der Waals surface area (Å²) in [6.45, 7) is 7.88. The van der Waals surface area contributed by atoms with Gasteiger partial charge in [-0.2, -0.15) is 0 Å². The third kappa shape index (κ3) is 8.06.